The number of halogens is 2. The molecule has 3 rings (SSSR count). The fourth-order valence-electron chi connectivity index (χ4n) is 3.19. The Bertz CT molecular complexity index is 936. The van der Waals surface area contributed by atoms with E-state index in [0.29, 0.717) is 22.3 Å². The van der Waals surface area contributed by atoms with Crippen molar-refractivity contribution in [1.29, 1.82) is 5.26 Å². The van der Waals surface area contributed by atoms with Gasteiger partial charge in [0.15, 0.2) is 0 Å². The molecule has 9 heteroatoms. The Morgan fingerprint density at radius 1 is 1.32 bits per heavy atom. The van der Waals surface area contributed by atoms with Gasteiger partial charge >= 0.3 is 6.09 Å². The number of alkyl carbamates (subject to hydrolysis) is 1. The number of rotatable bonds is 2. The average Bonchev–Trinajstić information content (AvgIpc) is 2.57. The normalized spacial score (nSPS) is 19.1. The third-order valence-electron chi connectivity index (χ3n) is 4.19. The maximum atomic E-state index is 14.4. The number of hydrogen-bond acceptors (Lipinski definition) is 6. The molecule has 1 amide bonds. The van der Waals surface area contributed by atoms with Crippen molar-refractivity contribution in [3.63, 3.8) is 0 Å². The molecule has 0 aliphatic carbocycles. The summed E-state index contributed by atoms with van der Waals surface area (Å²) >= 11 is 0. The number of nitriles is 1. The molecule has 28 heavy (non-hydrogen) atoms. The quantitative estimate of drug-likeness (QED) is 0.848. The number of carbonyl (C=O) groups excluding carboxylic acids is 1. The van der Waals surface area contributed by atoms with Gasteiger partial charge in [0.05, 0.1) is 30.8 Å². The molecule has 1 aromatic heterocycles. The number of ether oxygens (including phenoxy) is 1. The van der Waals surface area contributed by atoms with Crippen LogP contribution in [0.15, 0.2) is 24.5 Å². The Morgan fingerprint density at radius 3 is 2.64 bits per heavy atom. The van der Waals surface area contributed by atoms with E-state index in [2.05, 4.69) is 15.3 Å². The van der Waals surface area contributed by atoms with Crippen molar-refractivity contribution < 1.29 is 18.3 Å². The van der Waals surface area contributed by atoms with Crippen LogP contribution in [0.25, 0.3) is 11.0 Å². The van der Waals surface area contributed by atoms with Crippen molar-refractivity contribution in [2.75, 3.05) is 18.0 Å². The second kappa shape index (κ2) is 7.19. The van der Waals surface area contributed by atoms with Gasteiger partial charge in [-0.2, -0.15) is 5.26 Å². The molecule has 7 nitrogen and oxygen atoms in total. The number of fused-ring (bicyclic) bond motifs is 1. The molecule has 2 aromatic rings. The molecule has 1 fully saturated rings. The smallest absolute Gasteiger partial charge is 0.407 e. The number of nitrogens with zero attached hydrogens (tertiary/aromatic N) is 4. The van der Waals surface area contributed by atoms with Gasteiger partial charge in [0, 0.05) is 17.9 Å². The lowest BCUT2D eigenvalue weighted by Gasteiger charge is -2.38. The zero-order valence-corrected chi connectivity index (χ0v) is 15.9. The second-order valence-corrected chi connectivity index (χ2v) is 7.84. The minimum atomic E-state index is -3.05. The molecule has 1 saturated heterocycles. The van der Waals surface area contributed by atoms with Gasteiger partial charge in [-0.1, -0.05) is 0 Å². The summed E-state index contributed by atoms with van der Waals surface area (Å²) in [5.74, 6) is -3.05. The second-order valence-electron chi connectivity index (χ2n) is 7.84. The molecule has 1 aliphatic rings. The van der Waals surface area contributed by atoms with E-state index >= 15 is 0 Å². The molecular weight excluding hydrogens is 368 g/mol. The summed E-state index contributed by atoms with van der Waals surface area (Å²) in [6, 6.07) is 5.13. The third kappa shape index (κ3) is 4.44. The van der Waals surface area contributed by atoms with Crippen molar-refractivity contribution in [2.45, 2.75) is 44.8 Å². The molecule has 0 saturated carbocycles. The number of hydrogen-bond donors (Lipinski definition) is 1. The zero-order chi connectivity index (χ0) is 20.5. The predicted octanol–water partition coefficient (Wildman–Crippen LogP) is 3.24. The fraction of sp³-hybridized carbons (Fsp3) is 0.474. The topological polar surface area (TPSA) is 91.1 Å². The Labute approximate surface area is 161 Å². The van der Waals surface area contributed by atoms with Crippen LogP contribution in [0.4, 0.5) is 19.3 Å². The molecule has 1 aromatic carbocycles. The van der Waals surface area contributed by atoms with Crippen LogP contribution in [-0.4, -0.2) is 46.7 Å². The summed E-state index contributed by atoms with van der Waals surface area (Å²) < 4.78 is 34.0. The summed E-state index contributed by atoms with van der Waals surface area (Å²) in [5, 5.41) is 11.8. The van der Waals surface area contributed by atoms with Gasteiger partial charge in [0.2, 0.25) is 0 Å². The SMILES string of the molecule is CC(C)(C)NC(=O)OC1CN(c2ccc(C#N)c3nccnc23)CC(F)(F)C1. The van der Waals surface area contributed by atoms with Crippen molar-refractivity contribution in [1.82, 2.24) is 15.3 Å². The van der Waals surface area contributed by atoms with Crippen LogP contribution in [0, 0.1) is 11.3 Å². The molecule has 2 heterocycles. The molecule has 1 aliphatic heterocycles. The van der Waals surface area contributed by atoms with Gasteiger partial charge in [-0.3, -0.25) is 9.97 Å². The highest BCUT2D eigenvalue weighted by molar-refractivity contribution is 5.92. The van der Waals surface area contributed by atoms with Crippen LogP contribution in [0.5, 0.6) is 0 Å². The lowest BCUT2D eigenvalue weighted by atomic mass is 10.0. The molecule has 0 bridgehead atoms. The Balaban J connectivity index is 1.89. The predicted molar refractivity (Wildman–Crippen MR) is 99.2 cm³/mol. The van der Waals surface area contributed by atoms with Gasteiger partial charge in [-0.25, -0.2) is 13.6 Å². The first-order valence-electron chi connectivity index (χ1n) is 8.83. The summed E-state index contributed by atoms with van der Waals surface area (Å²) in [5.41, 5.74) is 0.906. The van der Waals surface area contributed by atoms with E-state index in [-0.39, 0.29) is 6.54 Å². The molecule has 1 unspecified atom stereocenters. The molecule has 1 atom stereocenters. The first kappa shape index (κ1) is 19.7. The molecule has 1 N–H and O–H groups in total. The summed E-state index contributed by atoms with van der Waals surface area (Å²) in [7, 11) is 0. The van der Waals surface area contributed by atoms with Crippen molar-refractivity contribution in [3.05, 3.63) is 30.1 Å². The lowest BCUT2D eigenvalue weighted by Crippen LogP contribution is -2.52. The van der Waals surface area contributed by atoms with E-state index in [0.717, 1.165) is 0 Å². The first-order chi connectivity index (χ1) is 13.1. The van der Waals surface area contributed by atoms with E-state index in [1.807, 2.05) is 6.07 Å². The van der Waals surface area contributed by atoms with Gasteiger partial charge in [-0.05, 0) is 32.9 Å². The van der Waals surface area contributed by atoms with Crippen LogP contribution in [0.3, 0.4) is 0 Å². The maximum Gasteiger partial charge on any atom is 0.407 e. The number of alkyl halides is 2. The third-order valence-corrected chi connectivity index (χ3v) is 4.19. The average molecular weight is 389 g/mol. The van der Waals surface area contributed by atoms with Crippen LogP contribution >= 0.6 is 0 Å². The number of carbonyl (C=O) groups is 1. The minimum absolute atomic E-state index is 0.0880. The number of aromatic nitrogens is 2. The highest BCUT2D eigenvalue weighted by Gasteiger charge is 2.43. The van der Waals surface area contributed by atoms with Crippen molar-refractivity contribution >= 4 is 22.8 Å². The summed E-state index contributed by atoms with van der Waals surface area (Å²) in [6.45, 7) is 4.88. The summed E-state index contributed by atoms with van der Waals surface area (Å²) in [6.07, 6.45) is 0.606. The molecular formula is C19H21F2N5O2. The minimum Gasteiger partial charge on any atom is -0.444 e. The van der Waals surface area contributed by atoms with Gasteiger partial charge in [0.1, 0.15) is 23.2 Å². The van der Waals surface area contributed by atoms with Crippen molar-refractivity contribution in [2.24, 2.45) is 0 Å². The fourth-order valence-corrected chi connectivity index (χ4v) is 3.19. The highest BCUT2D eigenvalue weighted by Crippen LogP contribution is 2.34. The number of piperidine rings is 1. The van der Waals surface area contributed by atoms with Gasteiger partial charge in [-0.15, -0.1) is 0 Å². The van der Waals surface area contributed by atoms with E-state index < -0.39 is 36.6 Å². The molecule has 0 radical (unpaired) electrons. The largest absolute Gasteiger partial charge is 0.444 e. The van der Waals surface area contributed by atoms with E-state index in [4.69, 9.17) is 4.74 Å². The zero-order valence-electron chi connectivity index (χ0n) is 15.9. The Kier molecular flexibility index (Phi) is 5.06. The highest BCUT2D eigenvalue weighted by atomic mass is 19.3. The maximum absolute atomic E-state index is 14.4. The number of amides is 1. The van der Waals surface area contributed by atoms with Crippen LogP contribution in [0.2, 0.25) is 0 Å². The van der Waals surface area contributed by atoms with Crippen LogP contribution < -0.4 is 10.2 Å². The number of nitrogens with one attached hydrogen (secondary N) is 1. The first-order valence-corrected chi connectivity index (χ1v) is 8.83. The Hall–Kier alpha value is -3.02. The van der Waals surface area contributed by atoms with E-state index in [1.54, 1.807) is 26.8 Å². The van der Waals surface area contributed by atoms with E-state index in [1.165, 1.54) is 23.4 Å². The van der Waals surface area contributed by atoms with Crippen LogP contribution in [0.1, 0.15) is 32.8 Å². The summed E-state index contributed by atoms with van der Waals surface area (Å²) in [4.78, 5) is 21.8. The monoisotopic (exact) mass is 389 g/mol. The number of anilines is 1. The standard InChI is InChI=1S/C19H21F2N5O2/c1-18(2,3)25-17(27)28-13-8-19(20,21)11-26(10-13)14-5-4-12(9-22)15-16(14)24-7-6-23-15/h4-7,13H,8,10-11H2,1-3H3,(H,25,27). The van der Waals surface area contributed by atoms with Crippen molar-refractivity contribution in [3.8, 4) is 6.07 Å². The lowest BCUT2D eigenvalue weighted by molar-refractivity contribution is -0.0568. The van der Waals surface area contributed by atoms with Gasteiger partial charge < -0.3 is 15.0 Å². The van der Waals surface area contributed by atoms with E-state index in [9.17, 15) is 18.8 Å². The van der Waals surface area contributed by atoms with Gasteiger partial charge in [0.25, 0.3) is 5.92 Å². The number of benzene rings is 1. The molecule has 0 spiro atoms. The Morgan fingerprint density at radius 2 is 2.00 bits per heavy atom. The molecule has 148 valence electrons. The van der Waals surface area contributed by atoms with Crippen LogP contribution in [-0.2, 0) is 4.74 Å².